The number of ether oxygens (including phenoxy) is 2. The van der Waals surface area contributed by atoms with Gasteiger partial charge in [0.25, 0.3) is 0 Å². The summed E-state index contributed by atoms with van der Waals surface area (Å²) in [6.45, 7) is 0. The topological polar surface area (TPSA) is 229 Å². The Bertz CT molecular complexity index is 1760. The maximum Gasteiger partial charge on any atom is 0.235 e. The summed E-state index contributed by atoms with van der Waals surface area (Å²) in [4.78, 5) is 69.6. The molecule has 13 heteroatoms. The summed E-state index contributed by atoms with van der Waals surface area (Å²) >= 11 is 0. The lowest BCUT2D eigenvalue weighted by molar-refractivity contribution is -0.166. The van der Waals surface area contributed by atoms with Crippen molar-refractivity contribution in [3.8, 4) is 23.3 Å². The quantitative estimate of drug-likeness (QED) is 0.249. The zero-order valence-corrected chi connectivity index (χ0v) is 25.1. The molecular formula is C32H33N5O8. The van der Waals surface area contributed by atoms with Gasteiger partial charge in [0.05, 0.1) is 37.4 Å². The van der Waals surface area contributed by atoms with Crippen LogP contribution in [0.1, 0.15) is 33.5 Å². The molecule has 0 radical (unpaired) electrons. The van der Waals surface area contributed by atoms with Gasteiger partial charge in [-0.15, -0.1) is 0 Å². The first-order valence-electron chi connectivity index (χ1n) is 14.0. The summed E-state index contributed by atoms with van der Waals surface area (Å²) in [5.41, 5.74) is 13.7. The van der Waals surface area contributed by atoms with Crippen LogP contribution in [0.3, 0.4) is 0 Å². The molecule has 2 aromatic carbocycles. The molecular weight excluding hydrogens is 582 g/mol. The average Bonchev–Trinajstić information content (AvgIpc) is 2.95. The van der Waals surface area contributed by atoms with Gasteiger partial charge in [-0.25, -0.2) is 0 Å². The smallest absolute Gasteiger partial charge is 0.235 e. The van der Waals surface area contributed by atoms with Crippen LogP contribution in [-0.2, 0) is 25.6 Å². The molecule has 0 heterocycles. The zero-order chi connectivity index (χ0) is 33.2. The number of likely N-dealkylation sites (N-methyl/N-ethyl adjacent to an activating group) is 1. The first-order chi connectivity index (χ1) is 21.1. The number of Topliss-reactive ketones (excluding diaryl/α,β-unsaturated/α-hetero) is 4. The van der Waals surface area contributed by atoms with E-state index in [1.807, 2.05) is 0 Å². The summed E-state index contributed by atoms with van der Waals surface area (Å²) in [5.74, 6) is -9.11. The Balaban J connectivity index is 1.68. The third kappa shape index (κ3) is 4.21. The van der Waals surface area contributed by atoms with Crippen molar-refractivity contribution in [3.05, 3.63) is 52.6 Å². The number of nitrogens with two attached hydrogens (primary N) is 3. The number of hydrogen-bond donors (Lipinski definition) is 4. The average molecular weight is 616 g/mol. The van der Waals surface area contributed by atoms with E-state index in [2.05, 4.69) is 0 Å². The van der Waals surface area contributed by atoms with Crippen molar-refractivity contribution >= 4 is 41.2 Å². The number of fused-ring (bicyclic) bond motifs is 3. The largest absolute Gasteiger partial charge is 0.507 e. The minimum Gasteiger partial charge on any atom is -0.507 e. The number of phenols is 1. The van der Waals surface area contributed by atoms with Gasteiger partial charge in [-0.2, -0.15) is 5.26 Å². The molecule has 234 valence electrons. The highest BCUT2D eigenvalue weighted by molar-refractivity contribution is 6.33. The normalized spacial score (nSPS) is 30.8. The molecule has 5 rings (SSSR count). The molecule has 2 aromatic rings. The molecule has 3 aliphatic carbocycles. The van der Waals surface area contributed by atoms with Crippen molar-refractivity contribution in [1.82, 2.24) is 4.90 Å². The van der Waals surface area contributed by atoms with Gasteiger partial charge >= 0.3 is 0 Å². The Kier molecular flexibility index (Phi) is 7.44. The lowest BCUT2D eigenvalue weighted by Crippen LogP contribution is -2.85. The fourth-order valence-corrected chi connectivity index (χ4v) is 7.53. The van der Waals surface area contributed by atoms with Crippen molar-refractivity contribution in [2.24, 2.45) is 34.5 Å². The van der Waals surface area contributed by atoms with Crippen LogP contribution in [0.2, 0.25) is 0 Å². The molecule has 3 aliphatic rings. The highest BCUT2D eigenvalue weighted by Gasteiger charge is 2.78. The van der Waals surface area contributed by atoms with Gasteiger partial charge in [-0.05, 0) is 61.8 Å². The minimum atomic E-state index is -2.79. The second-order valence-electron chi connectivity index (χ2n) is 12.1. The SMILES string of the molecule is COc1ccc(C=Cc2ccc(O)c3c2C[C@@]2(N)C[C@@]4(N)[C@H](N(C)C)C(=O)C(C(N)=O)C(=O)[C@@]4(C#N)C(=O)C2C3=O)cc1OC. The summed E-state index contributed by atoms with van der Waals surface area (Å²) in [6, 6.07) is 8.34. The molecule has 13 nitrogen and oxygen atoms in total. The number of primary amides is 1. The maximum absolute atomic E-state index is 14.4. The number of carbonyl (C=O) groups is 5. The van der Waals surface area contributed by atoms with Crippen LogP contribution in [0.5, 0.6) is 17.2 Å². The number of benzene rings is 2. The van der Waals surface area contributed by atoms with E-state index in [-0.39, 0.29) is 12.0 Å². The summed E-state index contributed by atoms with van der Waals surface area (Å²) in [5, 5.41) is 21.3. The monoisotopic (exact) mass is 615 g/mol. The molecule has 2 fully saturated rings. The molecule has 0 spiro atoms. The Hall–Kier alpha value is -4.90. The van der Waals surface area contributed by atoms with Crippen LogP contribution in [-0.4, -0.2) is 84.5 Å². The van der Waals surface area contributed by atoms with Crippen molar-refractivity contribution < 1.29 is 38.6 Å². The lowest BCUT2D eigenvalue weighted by atomic mass is 9.42. The first-order valence-corrected chi connectivity index (χ1v) is 14.0. The number of ketones is 4. The number of aromatic hydroxyl groups is 1. The van der Waals surface area contributed by atoms with Crippen molar-refractivity contribution in [3.63, 3.8) is 0 Å². The first kappa shape index (κ1) is 31.5. The molecule has 2 saturated carbocycles. The van der Waals surface area contributed by atoms with E-state index < -0.39 is 75.6 Å². The van der Waals surface area contributed by atoms with E-state index in [1.165, 1.54) is 39.3 Å². The zero-order valence-electron chi connectivity index (χ0n) is 25.1. The Labute approximate surface area is 258 Å². The third-order valence-electron chi connectivity index (χ3n) is 9.37. The minimum absolute atomic E-state index is 0.174. The van der Waals surface area contributed by atoms with Gasteiger partial charge < -0.3 is 31.8 Å². The van der Waals surface area contributed by atoms with Gasteiger partial charge in [0.2, 0.25) is 5.91 Å². The number of methoxy groups -OCH3 is 2. The lowest BCUT2D eigenvalue weighted by Gasteiger charge is -2.60. The Morgan fingerprint density at radius 2 is 1.71 bits per heavy atom. The Morgan fingerprint density at radius 1 is 1.04 bits per heavy atom. The molecule has 0 aliphatic heterocycles. The highest BCUT2D eigenvalue weighted by Crippen LogP contribution is 2.56. The molecule has 0 aromatic heterocycles. The van der Waals surface area contributed by atoms with Gasteiger partial charge in [-0.1, -0.05) is 24.3 Å². The predicted molar refractivity (Wildman–Crippen MR) is 160 cm³/mol. The van der Waals surface area contributed by atoms with Crippen LogP contribution in [0.4, 0.5) is 0 Å². The fourth-order valence-electron chi connectivity index (χ4n) is 7.53. The van der Waals surface area contributed by atoms with Gasteiger partial charge in [0.15, 0.2) is 46.0 Å². The summed E-state index contributed by atoms with van der Waals surface area (Å²) < 4.78 is 10.6. The number of rotatable bonds is 6. The molecule has 0 bridgehead atoms. The van der Waals surface area contributed by atoms with Gasteiger partial charge in [0.1, 0.15) is 11.7 Å². The van der Waals surface area contributed by atoms with E-state index in [4.69, 9.17) is 26.7 Å². The number of nitriles is 1. The summed E-state index contributed by atoms with van der Waals surface area (Å²) in [7, 11) is 5.91. The molecule has 2 unspecified atom stereocenters. The Morgan fingerprint density at radius 3 is 2.29 bits per heavy atom. The fraction of sp³-hybridized carbons (Fsp3) is 0.375. The second-order valence-corrected chi connectivity index (χ2v) is 12.1. The van der Waals surface area contributed by atoms with Gasteiger partial charge in [-0.3, -0.25) is 28.9 Å². The molecule has 6 atom stereocenters. The summed E-state index contributed by atoms with van der Waals surface area (Å²) in [6.07, 6.45) is 2.78. The number of phenolic OH excluding ortho intramolecular Hbond substituents is 1. The van der Waals surface area contributed by atoms with Crippen LogP contribution in [0.15, 0.2) is 30.3 Å². The van der Waals surface area contributed by atoms with Crippen molar-refractivity contribution in [2.45, 2.75) is 30.0 Å². The maximum atomic E-state index is 14.4. The van der Waals surface area contributed by atoms with E-state index in [1.54, 1.807) is 42.5 Å². The van der Waals surface area contributed by atoms with Crippen LogP contribution in [0, 0.1) is 28.6 Å². The second kappa shape index (κ2) is 10.6. The van der Waals surface area contributed by atoms with E-state index in [0.717, 1.165) is 5.56 Å². The van der Waals surface area contributed by atoms with Crippen LogP contribution in [0.25, 0.3) is 12.2 Å². The molecule has 1 amide bonds. The van der Waals surface area contributed by atoms with Crippen LogP contribution >= 0.6 is 0 Å². The number of hydrogen-bond acceptors (Lipinski definition) is 12. The third-order valence-corrected chi connectivity index (χ3v) is 9.37. The van der Waals surface area contributed by atoms with Crippen molar-refractivity contribution in [1.29, 1.82) is 5.26 Å². The molecule has 45 heavy (non-hydrogen) atoms. The standard InChI is InChI=1S/C32H33N5O8/c1-37(2)26-25(40)22(29(34)43)27(41)31(14-33)28(42)23-24(39)21-17(12-30(23,35)13-32(26,31)36)16(8-9-18(21)38)7-5-15-6-10-19(44-3)20(11-15)45-4/h5-11,22-23,26,38H,12-13,35-36H2,1-4H3,(H2,34,43)/t22?,23?,26-,30-,31+,32-/m1/s1. The molecule has 7 N–H and O–H groups in total. The van der Waals surface area contributed by atoms with E-state index in [9.17, 15) is 34.3 Å². The number of carbonyl (C=O) groups excluding carboxylic acids is 5. The van der Waals surface area contributed by atoms with Gasteiger partial charge in [0, 0.05) is 5.54 Å². The van der Waals surface area contributed by atoms with E-state index >= 15 is 0 Å². The predicted octanol–water partition coefficient (Wildman–Crippen LogP) is -0.00392. The number of nitrogens with zero attached hydrogens (tertiary/aromatic N) is 2. The highest BCUT2D eigenvalue weighted by atomic mass is 16.5. The number of amides is 1. The van der Waals surface area contributed by atoms with Crippen molar-refractivity contribution in [2.75, 3.05) is 28.3 Å². The molecule has 0 saturated heterocycles. The van der Waals surface area contributed by atoms with Crippen LogP contribution < -0.4 is 26.7 Å². The van der Waals surface area contributed by atoms with E-state index in [0.29, 0.717) is 22.6 Å².